The molecule has 0 aliphatic carbocycles. The molecule has 6 unspecified atom stereocenters. The first-order valence-electron chi connectivity index (χ1n) is 32.7. The van der Waals surface area contributed by atoms with Crippen LogP contribution in [0.5, 0.6) is 0 Å². The van der Waals surface area contributed by atoms with Crippen molar-refractivity contribution >= 4 is 41.4 Å². The maximum atomic E-state index is 12.9. The predicted molar refractivity (Wildman–Crippen MR) is 344 cm³/mol. The quantitative estimate of drug-likeness (QED) is 0.0199. The molecule has 15 atom stereocenters. The van der Waals surface area contributed by atoms with Crippen LogP contribution in [-0.2, 0) is 90.4 Å². The molecule has 7 amide bonds. The third-order valence-corrected chi connectivity index (χ3v) is 14.3. The number of hydrogen-bond donors (Lipinski definition) is 20. The number of ether oxygens (including phenoxy) is 12. The number of carbonyl (C=O) groups is 7. The Kier molecular flexibility index (Phi) is 55.0. The smallest absolute Gasteiger partial charge is 0.234 e. The first-order chi connectivity index (χ1) is 47.1. The molecular weight excluding hydrogens is 1330 g/mol. The highest BCUT2D eigenvalue weighted by atomic mass is 16.6. The molecule has 0 spiro atoms. The van der Waals surface area contributed by atoms with E-state index >= 15 is 0 Å². The summed E-state index contributed by atoms with van der Waals surface area (Å²) in [5, 5.41) is 139. The molecule has 0 aromatic carbocycles. The molecule has 0 aromatic rings. The monoisotopic (exact) mass is 1440 g/mol. The highest BCUT2D eigenvalue weighted by molar-refractivity contribution is 5.79. The van der Waals surface area contributed by atoms with Gasteiger partial charge < -0.3 is 161 Å². The second kappa shape index (κ2) is 57.8. The number of rotatable bonds is 65. The van der Waals surface area contributed by atoms with Crippen molar-refractivity contribution in [2.24, 2.45) is 23.5 Å². The average Bonchev–Trinajstić information content (AvgIpc) is 0.897. The lowest BCUT2D eigenvalue weighted by Gasteiger charge is -2.34. The fourth-order valence-electron chi connectivity index (χ4n) is 8.54. The molecule has 0 rings (SSSR count). The fraction of sp³-hybridized carbons (Fsp3) is 0.883. The predicted octanol–water partition coefficient (Wildman–Crippen LogP) is -9.96. The van der Waals surface area contributed by atoms with E-state index in [2.05, 4.69) is 37.2 Å². The van der Waals surface area contributed by atoms with Crippen LogP contribution in [0.4, 0.5) is 0 Å². The van der Waals surface area contributed by atoms with Crippen molar-refractivity contribution < 1.29 is 152 Å². The average molecular weight is 1450 g/mol. The zero-order valence-electron chi connectivity index (χ0n) is 57.8. The molecule has 0 saturated heterocycles. The lowest BCUT2D eigenvalue weighted by molar-refractivity contribution is -0.169. The standard InChI is InChI=1S/C60H116N8O31/c1-38(32-69)51(79)54(82)48(65-41(4)72)57(85)97-28-25-91-22-19-88-16-10-62-44(75)7-13-94-35-60(68-47(78)31-61,36-95-14-8-45(76)63-11-17-89-20-23-92-26-29-98-58(86)49(66-42(5)73)55(83)52(80)39(2)33-70)37-96-15-9-46(77)64-12-18-90-21-24-93-27-30-99-59(87)50(67-43(6)74)56(84)53(81)40(3)34-71/h38-40,48-59,69-71,79-87H,7-37,61H2,1-6H3,(H,62,75)(H,63,76)(H,64,77)(H,65,72)(H,66,73)(H,67,74)(H,68,78)/t38?,39?,40?,48-,49-,50-,51-,52-,53-,54?,55?,56?,57-,58-,59-,60?/m0/s1. The Morgan fingerprint density at radius 2 is 0.586 bits per heavy atom. The Labute approximate surface area is 576 Å². The SMILES string of the molecule is CC(=O)N[C@@H](C(O)[C@@H](O)C(C)CO)[C@@H](O)OCCOCCOCCNC(=O)CCOCC(COCCC(=O)NCCOCCOCCO[C@H](O)[C@@H](NC(C)=O)C(O)[C@@H](O)C(C)CO)(COCCC(=O)NCCOCCOCCO[C@H](O)[C@@H](NC(C)=O)C(O)[C@@H](O)C(C)CO)NC(=O)CN. The van der Waals surface area contributed by atoms with Gasteiger partial charge >= 0.3 is 0 Å². The summed E-state index contributed by atoms with van der Waals surface area (Å²) < 4.78 is 66.1. The normalized spacial score (nSPS) is 16.9. The number of carbonyl (C=O) groups excluding carboxylic acids is 7. The molecule has 0 heterocycles. The maximum Gasteiger partial charge on any atom is 0.234 e. The Morgan fingerprint density at radius 1 is 0.343 bits per heavy atom. The minimum absolute atomic E-state index is 0.0214. The van der Waals surface area contributed by atoms with Gasteiger partial charge in [0.05, 0.1) is 164 Å². The summed E-state index contributed by atoms with van der Waals surface area (Å²) in [5.74, 6) is -5.95. The Bertz CT molecular complexity index is 1930. The third kappa shape index (κ3) is 45.1. The first-order valence-corrected chi connectivity index (χ1v) is 32.7. The van der Waals surface area contributed by atoms with Crippen LogP contribution in [-0.4, -0.2) is 367 Å². The highest BCUT2D eigenvalue weighted by Crippen LogP contribution is 2.17. The van der Waals surface area contributed by atoms with Crippen molar-refractivity contribution in [1.82, 2.24) is 37.2 Å². The Morgan fingerprint density at radius 3 is 0.818 bits per heavy atom. The van der Waals surface area contributed by atoms with Crippen molar-refractivity contribution in [2.45, 2.75) is 140 Å². The van der Waals surface area contributed by atoms with Crippen molar-refractivity contribution in [3.05, 3.63) is 0 Å². The van der Waals surface area contributed by atoms with E-state index in [-0.39, 0.29) is 178 Å². The number of nitrogens with one attached hydrogen (secondary N) is 7. The highest BCUT2D eigenvalue weighted by Gasteiger charge is 2.39. The summed E-state index contributed by atoms with van der Waals surface area (Å²) in [5.41, 5.74) is 4.22. The molecule has 0 radical (unpaired) electrons. The lowest BCUT2D eigenvalue weighted by atomic mass is 9.95. The van der Waals surface area contributed by atoms with Gasteiger partial charge in [-0.1, -0.05) is 20.8 Å². The summed E-state index contributed by atoms with van der Waals surface area (Å²) in [6.07, 6.45) is -15.0. The molecule has 0 aliphatic heterocycles. The van der Waals surface area contributed by atoms with E-state index in [1.165, 1.54) is 20.8 Å². The van der Waals surface area contributed by atoms with Gasteiger partial charge in [0.2, 0.25) is 41.4 Å². The number of nitrogens with two attached hydrogens (primary N) is 1. The van der Waals surface area contributed by atoms with Gasteiger partial charge in [-0.2, -0.15) is 0 Å². The molecule has 39 heteroatoms. The number of hydrogen-bond acceptors (Lipinski definition) is 32. The molecule has 582 valence electrons. The molecule has 0 saturated carbocycles. The summed E-state index contributed by atoms with van der Waals surface area (Å²) in [6, 6.07) is -4.21. The topological polar surface area (TPSA) is 583 Å². The van der Waals surface area contributed by atoms with Crippen LogP contribution < -0.4 is 43.0 Å². The minimum atomic E-state index is -1.72. The minimum Gasteiger partial charge on any atom is -0.396 e. The zero-order chi connectivity index (χ0) is 74.6. The van der Waals surface area contributed by atoms with E-state index in [4.69, 9.17) is 62.6 Å². The van der Waals surface area contributed by atoms with Crippen LogP contribution in [0.1, 0.15) is 60.8 Å². The summed E-state index contributed by atoms with van der Waals surface area (Å²) in [7, 11) is 0. The number of amides is 7. The van der Waals surface area contributed by atoms with Gasteiger partial charge in [0.1, 0.15) is 42.0 Å². The summed E-state index contributed by atoms with van der Waals surface area (Å²) in [4.78, 5) is 86.0. The number of aliphatic hydroxyl groups is 12. The van der Waals surface area contributed by atoms with Crippen molar-refractivity contribution in [3.63, 3.8) is 0 Å². The third-order valence-electron chi connectivity index (χ3n) is 14.3. The molecule has 0 aromatic heterocycles. The molecular formula is C60H116N8O31. The van der Waals surface area contributed by atoms with E-state index in [1.54, 1.807) is 0 Å². The van der Waals surface area contributed by atoms with E-state index in [0.29, 0.717) is 0 Å². The van der Waals surface area contributed by atoms with Crippen LogP contribution in [0.3, 0.4) is 0 Å². The molecule has 39 nitrogen and oxygen atoms in total. The second-order valence-electron chi connectivity index (χ2n) is 23.1. The van der Waals surface area contributed by atoms with Crippen LogP contribution in [0.2, 0.25) is 0 Å². The maximum absolute atomic E-state index is 12.9. The zero-order valence-corrected chi connectivity index (χ0v) is 57.8. The van der Waals surface area contributed by atoms with Gasteiger partial charge in [-0.25, -0.2) is 0 Å². The van der Waals surface area contributed by atoms with Gasteiger partial charge in [-0.15, -0.1) is 0 Å². The van der Waals surface area contributed by atoms with Gasteiger partial charge in [0.25, 0.3) is 0 Å². The van der Waals surface area contributed by atoms with Gasteiger partial charge in [0, 0.05) is 97.2 Å². The second-order valence-corrected chi connectivity index (χ2v) is 23.1. The van der Waals surface area contributed by atoms with E-state index in [9.17, 15) is 94.8 Å². The van der Waals surface area contributed by atoms with Crippen LogP contribution >= 0.6 is 0 Å². The lowest BCUT2D eigenvalue weighted by Crippen LogP contribution is -2.60. The van der Waals surface area contributed by atoms with Crippen molar-refractivity contribution in [1.29, 1.82) is 0 Å². The summed E-state index contributed by atoms with van der Waals surface area (Å²) >= 11 is 0. The first kappa shape index (κ1) is 94.3. The van der Waals surface area contributed by atoms with Crippen LogP contribution in [0.15, 0.2) is 0 Å². The van der Waals surface area contributed by atoms with Gasteiger partial charge in [0.15, 0.2) is 18.9 Å². The van der Waals surface area contributed by atoms with Gasteiger partial charge in [-0.3, -0.25) is 33.6 Å². The van der Waals surface area contributed by atoms with Crippen LogP contribution in [0.25, 0.3) is 0 Å². The Balaban J connectivity index is 5.26. The Hall–Kier alpha value is -4.71. The van der Waals surface area contributed by atoms with E-state index in [0.717, 1.165) is 20.8 Å². The van der Waals surface area contributed by atoms with Crippen molar-refractivity contribution in [2.75, 3.05) is 185 Å². The van der Waals surface area contributed by atoms with E-state index < -0.39 is 165 Å². The molecule has 0 bridgehead atoms. The molecule has 0 fully saturated rings. The largest absolute Gasteiger partial charge is 0.396 e. The van der Waals surface area contributed by atoms with E-state index in [1.807, 2.05) is 0 Å². The van der Waals surface area contributed by atoms with Crippen molar-refractivity contribution in [3.8, 4) is 0 Å². The molecule has 0 aliphatic rings. The van der Waals surface area contributed by atoms with Gasteiger partial charge in [-0.05, 0) is 0 Å². The fourth-order valence-corrected chi connectivity index (χ4v) is 8.54. The number of aliphatic hydroxyl groups excluding tert-OH is 12. The molecule has 21 N–H and O–H groups in total. The molecule has 99 heavy (non-hydrogen) atoms. The summed E-state index contributed by atoms with van der Waals surface area (Å²) in [6.45, 7) is 5.47. The van der Waals surface area contributed by atoms with Crippen LogP contribution in [0, 0.1) is 17.8 Å².